The molecule has 25 heavy (non-hydrogen) atoms. The molecular weight excluding hydrogens is 316 g/mol. The Morgan fingerprint density at radius 3 is 2.52 bits per heavy atom. The summed E-state index contributed by atoms with van der Waals surface area (Å²) in [5.74, 6) is 1.14. The highest BCUT2D eigenvalue weighted by molar-refractivity contribution is 5.93. The quantitative estimate of drug-likeness (QED) is 0.826. The Kier molecular flexibility index (Phi) is 4.17. The predicted octanol–water partition coefficient (Wildman–Crippen LogP) is 0.770. The van der Waals surface area contributed by atoms with Gasteiger partial charge in [-0.1, -0.05) is 6.07 Å². The molecule has 2 aromatic heterocycles. The molecule has 2 fully saturated rings. The minimum absolute atomic E-state index is 0.0893. The number of hydrogen-bond donors (Lipinski definition) is 0. The Bertz CT molecular complexity index is 744. The smallest absolute Gasteiger partial charge is 0.272 e. The van der Waals surface area contributed by atoms with E-state index in [0.717, 1.165) is 50.8 Å². The maximum atomic E-state index is 12.6. The number of hydrogen-bond acceptors (Lipinski definition) is 5. The normalized spacial score (nSPS) is 19.1. The van der Waals surface area contributed by atoms with Gasteiger partial charge in [0.2, 0.25) is 0 Å². The molecule has 0 spiro atoms. The fraction of sp³-hybridized carbons (Fsp3) is 0.500. The van der Waals surface area contributed by atoms with Gasteiger partial charge >= 0.3 is 0 Å². The van der Waals surface area contributed by atoms with E-state index in [1.54, 1.807) is 4.68 Å². The van der Waals surface area contributed by atoms with Gasteiger partial charge in [-0.3, -0.25) is 14.4 Å². The van der Waals surface area contributed by atoms with Crippen molar-refractivity contribution < 1.29 is 4.79 Å². The lowest BCUT2D eigenvalue weighted by molar-refractivity contribution is 0.0238. The minimum atomic E-state index is 0.0893. The minimum Gasteiger partial charge on any atom is -0.354 e. The molecule has 132 valence electrons. The monoisotopic (exact) mass is 340 g/mol. The van der Waals surface area contributed by atoms with Gasteiger partial charge in [0.1, 0.15) is 11.5 Å². The van der Waals surface area contributed by atoms with E-state index >= 15 is 0 Å². The summed E-state index contributed by atoms with van der Waals surface area (Å²) in [5, 5.41) is 4.27. The van der Waals surface area contributed by atoms with Crippen molar-refractivity contribution in [1.29, 1.82) is 0 Å². The molecule has 0 N–H and O–H groups in total. The van der Waals surface area contributed by atoms with Crippen molar-refractivity contribution in [2.24, 2.45) is 7.05 Å². The number of anilines is 1. The van der Waals surface area contributed by atoms with Crippen molar-refractivity contribution in [3.63, 3.8) is 0 Å². The molecule has 0 saturated carbocycles. The van der Waals surface area contributed by atoms with E-state index in [9.17, 15) is 4.79 Å². The summed E-state index contributed by atoms with van der Waals surface area (Å²) < 4.78 is 1.68. The second-order valence-electron chi connectivity index (χ2n) is 6.87. The van der Waals surface area contributed by atoms with E-state index < -0.39 is 0 Å². The number of amides is 1. The second kappa shape index (κ2) is 6.48. The van der Waals surface area contributed by atoms with Gasteiger partial charge in [0, 0.05) is 58.6 Å². The zero-order valence-electron chi connectivity index (χ0n) is 14.8. The third-order valence-corrected chi connectivity index (χ3v) is 5.17. The predicted molar refractivity (Wildman–Crippen MR) is 95.7 cm³/mol. The molecule has 0 aliphatic carbocycles. The van der Waals surface area contributed by atoms with Crippen LogP contribution in [0.25, 0.3) is 0 Å². The fourth-order valence-electron chi connectivity index (χ4n) is 3.68. The van der Waals surface area contributed by atoms with Gasteiger partial charge in [0.05, 0.1) is 5.69 Å². The Morgan fingerprint density at radius 2 is 1.92 bits per heavy atom. The number of rotatable bonds is 3. The number of aryl methyl sites for hydroxylation is 2. The van der Waals surface area contributed by atoms with Crippen molar-refractivity contribution in [3.05, 3.63) is 41.9 Å². The Balaban J connectivity index is 1.29. The van der Waals surface area contributed by atoms with Crippen molar-refractivity contribution in [3.8, 4) is 0 Å². The Hall–Kier alpha value is -2.41. The largest absolute Gasteiger partial charge is 0.354 e. The van der Waals surface area contributed by atoms with Crippen LogP contribution in [0.1, 0.15) is 16.2 Å². The maximum Gasteiger partial charge on any atom is 0.272 e. The second-order valence-corrected chi connectivity index (χ2v) is 6.87. The highest BCUT2D eigenvalue weighted by atomic mass is 16.2. The van der Waals surface area contributed by atoms with E-state index in [1.807, 2.05) is 43.3 Å². The molecule has 2 saturated heterocycles. The average molecular weight is 340 g/mol. The van der Waals surface area contributed by atoms with Gasteiger partial charge in [0.15, 0.2) is 0 Å². The summed E-state index contributed by atoms with van der Waals surface area (Å²) in [4.78, 5) is 23.7. The lowest BCUT2D eigenvalue weighted by atomic mass is 10.1. The van der Waals surface area contributed by atoms with Gasteiger partial charge in [-0.05, 0) is 25.1 Å². The van der Waals surface area contributed by atoms with Crippen LogP contribution in [0.15, 0.2) is 30.5 Å². The number of carbonyl (C=O) groups excluding carboxylic acids is 1. The van der Waals surface area contributed by atoms with Crippen LogP contribution < -0.4 is 4.90 Å². The lowest BCUT2D eigenvalue weighted by Gasteiger charge is -2.48. The number of carbonyl (C=O) groups is 1. The van der Waals surface area contributed by atoms with Crippen LogP contribution >= 0.6 is 0 Å². The first-order chi connectivity index (χ1) is 12.1. The molecule has 4 rings (SSSR count). The van der Waals surface area contributed by atoms with Gasteiger partial charge in [-0.15, -0.1) is 0 Å². The Morgan fingerprint density at radius 1 is 1.16 bits per heavy atom. The SMILES string of the molecule is Cc1cc(C(=O)N2CC(N3CCN(c4ccccn4)CC3)C2)n(C)n1. The van der Waals surface area contributed by atoms with Crippen LogP contribution in [0.4, 0.5) is 5.82 Å². The first-order valence-corrected chi connectivity index (χ1v) is 8.82. The summed E-state index contributed by atoms with van der Waals surface area (Å²) in [6, 6.07) is 8.38. The summed E-state index contributed by atoms with van der Waals surface area (Å²) in [7, 11) is 1.83. The third kappa shape index (κ3) is 3.11. The molecule has 2 aliphatic heterocycles. The molecule has 0 bridgehead atoms. The number of likely N-dealkylation sites (tertiary alicyclic amines) is 1. The average Bonchev–Trinajstić information content (AvgIpc) is 2.93. The molecule has 7 heteroatoms. The first-order valence-electron chi connectivity index (χ1n) is 8.82. The van der Waals surface area contributed by atoms with Crippen molar-refractivity contribution >= 4 is 11.7 Å². The zero-order valence-corrected chi connectivity index (χ0v) is 14.8. The van der Waals surface area contributed by atoms with E-state index in [2.05, 4.69) is 25.9 Å². The van der Waals surface area contributed by atoms with Crippen LogP contribution in [0, 0.1) is 6.92 Å². The van der Waals surface area contributed by atoms with E-state index in [4.69, 9.17) is 0 Å². The molecule has 4 heterocycles. The van der Waals surface area contributed by atoms with E-state index in [-0.39, 0.29) is 5.91 Å². The summed E-state index contributed by atoms with van der Waals surface area (Å²) in [6.45, 7) is 7.56. The van der Waals surface area contributed by atoms with E-state index in [0.29, 0.717) is 11.7 Å². The van der Waals surface area contributed by atoms with Gasteiger partial charge in [0.25, 0.3) is 5.91 Å². The molecule has 0 atom stereocenters. The van der Waals surface area contributed by atoms with Crippen LogP contribution in [-0.4, -0.2) is 75.8 Å². The van der Waals surface area contributed by atoms with Gasteiger partial charge in [-0.2, -0.15) is 5.10 Å². The van der Waals surface area contributed by atoms with Gasteiger partial charge in [-0.25, -0.2) is 4.98 Å². The molecule has 0 aromatic carbocycles. The third-order valence-electron chi connectivity index (χ3n) is 5.17. The van der Waals surface area contributed by atoms with Crippen LogP contribution in [0.5, 0.6) is 0 Å². The molecule has 2 aromatic rings. The van der Waals surface area contributed by atoms with Crippen molar-refractivity contribution in [1.82, 2.24) is 24.6 Å². The fourth-order valence-corrected chi connectivity index (χ4v) is 3.68. The van der Waals surface area contributed by atoms with Crippen LogP contribution in [0.2, 0.25) is 0 Å². The number of nitrogens with zero attached hydrogens (tertiary/aromatic N) is 6. The zero-order chi connectivity index (χ0) is 17.4. The molecule has 2 aliphatic rings. The molecular formula is C18H24N6O. The molecule has 0 radical (unpaired) electrons. The summed E-state index contributed by atoms with van der Waals surface area (Å²) in [5.41, 5.74) is 1.56. The topological polar surface area (TPSA) is 57.5 Å². The maximum absolute atomic E-state index is 12.6. The highest BCUT2D eigenvalue weighted by Gasteiger charge is 2.37. The van der Waals surface area contributed by atoms with Crippen LogP contribution in [0.3, 0.4) is 0 Å². The van der Waals surface area contributed by atoms with Crippen LogP contribution in [-0.2, 0) is 7.05 Å². The molecule has 0 unspecified atom stereocenters. The summed E-state index contributed by atoms with van der Waals surface area (Å²) >= 11 is 0. The lowest BCUT2D eigenvalue weighted by Crippen LogP contribution is -2.64. The highest BCUT2D eigenvalue weighted by Crippen LogP contribution is 2.21. The van der Waals surface area contributed by atoms with Crippen molar-refractivity contribution in [2.75, 3.05) is 44.2 Å². The number of aromatic nitrogens is 3. The molecule has 7 nitrogen and oxygen atoms in total. The number of pyridine rings is 1. The standard InChI is InChI=1S/C18H24N6O/c1-14-11-16(21(2)20-14)18(25)24-12-15(13-24)22-7-9-23(10-8-22)17-5-3-4-6-19-17/h3-6,11,15H,7-10,12-13H2,1-2H3. The number of piperazine rings is 1. The van der Waals surface area contributed by atoms with Gasteiger partial charge < -0.3 is 9.80 Å². The van der Waals surface area contributed by atoms with Crippen molar-refractivity contribution in [2.45, 2.75) is 13.0 Å². The molecule has 1 amide bonds. The Labute approximate surface area is 147 Å². The first kappa shape index (κ1) is 16.1. The van der Waals surface area contributed by atoms with E-state index in [1.165, 1.54) is 0 Å². The summed E-state index contributed by atoms with van der Waals surface area (Å²) in [6.07, 6.45) is 1.84.